The number of ketones is 1. The van der Waals surface area contributed by atoms with Gasteiger partial charge in [0.15, 0.2) is 5.78 Å². The van der Waals surface area contributed by atoms with Crippen LogP contribution in [0.15, 0.2) is 30.6 Å². The largest absolute Gasteiger partial charge is 0.294 e. The third-order valence-corrected chi connectivity index (χ3v) is 2.92. The van der Waals surface area contributed by atoms with Crippen LogP contribution in [-0.2, 0) is 13.0 Å². The molecule has 0 aliphatic carbocycles. The molecule has 0 bridgehead atoms. The van der Waals surface area contributed by atoms with Gasteiger partial charge in [0.2, 0.25) is 0 Å². The van der Waals surface area contributed by atoms with Gasteiger partial charge in [-0.05, 0) is 30.7 Å². The molecule has 0 fully saturated rings. The van der Waals surface area contributed by atoms with Gasteiger partial charge in [0.05, 0.1) is 11.2 Å². The van der Waals surface area contributed by atoms with E-state index in [4.69, 9.17) is 11.6 Å². The lowest BCUT2D eigenvalue weighted by Gasteiger charge is -2.02. The molecule has 5 heteroatoms. The minimum Gasteiger partial charge on any atom is -0.294 e. The van der Waals surface area contributed by atoms with Gasteiger partial charge in [-0.25, -0.2) is 4.39 Å². The highest BCUT2D eigenvalue weighted by molar-refractivity contribution is 6.34. The number of aromatic nitrogens is 2. The van der Waals surface area contributed by atoms with Gasteiger partial charge in [-0.15, -0.1) is 0 Å². The van der Waals surface area contributed by atoms with Crippen LogP contribution in [-0.4, -0.2) is 15.6 Å². The Morgan fingerprint density at radius 3 is 2.89 bits per heavy atom. The number of halogens is 2. The van der Waals surface area contributed by atoms with E-state index in [0.717, 1.165) is 18.2 Å². The zero-order chi connectivity index (χ0) is 13.1. The Bertz CT molecular complexity index is 580. The molecule has 0 aliphatic rings. The Kier molecular flexibility index (Phi) is 3.77. The zero-order valence-electron chi connectivity index (χ0n) is 9.86. The smallest absolute Gasteiger partial charge is 0.168 e. The van der Waals surface area contributed by atoms with Crippen molar-refractivity contribution in [2.45, 2.75) is 19.9 Å². The lowest BCUT2D eigenvalue weighted by atomic mass is 10.1. The van der Waals surface area contributed by atoms with Crippen LogP contribution in [0.3, 0.4) is 0 Å². The van der Waals surface area contributed by atoms with Crippen LogP contribution >= 0.6 is 11.6 Å². The fraction of sp³-hybridized carbons (Fsp3) is 0.231. The molecule has 94 valence electrons. The maximum atomic E-state index is 12.9. The summed E-state index contributed by atoms with van der Waals surface area (Å²) >= 11 is 5.84. The molecule has 2 aromatic rings. The molecule has 0 N–H and O–H groups in total. The number of nitrogens with zero attached hydrogens (tertiary/aromatic N) is 2. The van der Waals surface area contributed by atoms with Crippen molar-refractivity contribution in [2.24, 2.45) is 0 Å². The molecule has 0 atom stereocenters. The Balaban J connectivity index is 2.16. The average molecular weight is 267 g/mol. The van der Waals surface area contributed by atoms with Crippen molar-refractivity contribution in [1.29, 1.82) is 0 Å². The highest BCUT2D eigenvalue weighted by Crippen LogP contribution is 2.19. The first-order chi connectivity index (χ1) is 8.60. The quantitative estimate of drug-likeness (QED) is 0.797. The molecule has 3 nitrogen and oxygen atoms in total. The predicted octanol–water partition coefficient (Wildman–Crippen LogP) is 3.12. The van der Waals surface area contributed by atoms with E-state index >= 15 is 0 Å². The van der Waals surface area contributed by atoms with Gasteiger partial charge in [0.1, 0.15) is 5.82 Å². The summed E-state index contributed by atoms with van der Waals surface area (Å²) in [4.78, 5) is 12.0. The second-order valence-electron chi connectivity index (χ2n) is 3.93. The van der Waals surface area contributed by atoms with E-state index in [1.165, 1.54) is 12.1 Å². The predicted molar refractivity (Wildman–Crippen MR) is 67.3 cm³/mol. The molecule has 18 heavy (non-hydrogen) atoms. The molecule has 1 heterocycles. The molecule has 1 aromatic carbocycles. The summed E-state index contributed by atoms with van der Waals surface area (Å²) in [5, 5.41) is 4.23. The van der Waals surface area contributed by atoms with Crippen LogP contribution < -0.4 is 0 Å². The number of hydrogen-bond donors (Lipinski definition) is 0. The van der Waals surface area contributed by atoms with Crippen LogP contribution in [0.2, 0.25) is 5.02 Å². The normalized spacial score (nSPS) is 10.6. The monoisotopic (exact) mass is 266 g/mol. The van der Waals surface area contributed by atoms with Crippen molar-refractivity contribution < 1.29 is 9.18 Å². The molecule has 0 saturated carbocycles. The molecule has 1 aromatic heterocycles. The number of carbonyl (C=O) groups excluding carboxylic acids is 1. The van der Waals surface area contributed by atoms with E-state index in [1.54, 1.807) is 10.9 Å². The third-order valence-electron chi connectivity index (χ3n) is 2.61. The van der Waals surface area contributed by atoms with Gasteiger partial charge in [0.25, 0.3) is 0 Å². The fourth-order valence-electron chi connectivity index (χ4n) is 1.67. The maximum Gasteiger partial charge on any atom is 0.168 e. The van der Waals surface area contributed by atoms with Gasteiger partial charge in [-0.1, -0.05) is 11.6 Å². The lowest BCUT2D eigenvalue weighted by Crippen LogP contribution is -2.04. The first-order valence-electron chi connectivity index (χ1n) is 5.59. The van der Waals surface area contributed by atoms with Gasteiger partial charge in [-0.3, -0.25) is 9.48 Å². The van der Waals surface area contributed by atoms with Crippen LogP contribution in [0.5, 0.6) is 0 Å². The van der Waals surface area contributed by atoms with E-state index in [1.807, 2.05) is 13.1 Å². The highest BCUT2D eigenvalue weighted by Gasteiger charge is 2.12. The van der Waals surface area contributed by atoms with Gasteiger partial charge in [-0.2, -0.15) is 5.10 Å². The van der Waals surface area contributed by atoms with Crippen molar-refractivity contribution in [3.8, 4) is 0 Å². The van der Waals surface area contributed by atoms with E-state index in [9.17, 15) is 9.18 Å². The van der Waals surface area contributed by atoms with Gasteiger partial charge < -0.3 is 0 Å². The van der Waals surface area contributed by atoms with E-state index in [-0.39, 0.29) is 17.2 Å². The van der Waals surface area contributed by atoms with Crippen molar-refractivity contribution in [3.63, 3.8) is 0 Å². The first kappa shape index (κ1) is 12.8. The summed E-state index contributed by atoms with van der Waals surface area (Å²) in [5.74, 6) is -0.592. The van der Waals surface area contributed by atoms with E-state index in [0.29, 0.717) is 5.56 Å². The molecule has 0 saturated heterocycles. The van der Waals surface area contributed by atoms with Crippen LogP contribution in [0.25, 0.3) is 0 Å². The average Bonchev–Trinajstić information content (AvgIpc) is 2.76. The molecule has 0 amide bonds. The summed E-state index contributed by atoms with van der Waals surface area (Å²) in [6.45, 7) is 2.72. The van der Waals surface area contributed by atoms with Gasteiger partial charge >= 0.3 is 0 Å². The first-order valence-corrected chi connectivity index (χ1v) is 5.97. The number of rotatable bonds is 4. The van der Waals surface area contributed by atoms with Crippen LogP contribution in [0.1, 0.15) is 22.8 Å². The molecule has 0 unspecified atom stereocenters. The Morgan fingerprint density at radius 1 is 1.50 bits per heavy atom. The topological polar surface area (TPSA) is 34.9 Å². The second-order valence-corrected chi connectivity index (χ2v) is 4.34. The Morgan fingerprint density at radius 2 is 2.28 bits per heavy atom. The minimum atomic E-state index is -0.449. The Labute approximate surface area is 109 Å². The summed E-state index contributed by atoms with van der Waals surface area (Å²) in [7, 11) is 0. The molecule has 0 spiro atoms. The lowest BCUT2D eigenvalue weighted by molar-refractivity contribution is 0.0993. The van der Waals surface area contributed by atoms with Crippen LogP contribution in [0.4, 0.5) is 4.39 Å². The molecular formula is C13H12ClFN2O. The number of carbonyl (C=O) groups is 1. The van der Waals surface area contributed by atoms with E-state index in [2.05, 4.69) is 5.10 Å². The van der Waals surface area contributed by atoms with Crippen molar-refractivity contribution in [1.82, 2.24) is 9.78 Å². The summed E-state index contributed by atoms with van der Waals surface area (Å²) in [6.07, 6.45) is 3.68. The number of Topliss-reactive ketones (excluding diaryl/α,β-unsaturated/α-hetero) is 1. The third kappa shape index (κ3) is 2.76. The molecule has 0 aliphatic heterocycles. The summed E-state index contributed by atoms with van der Waals surface area (Å²) < 4.78 is 14.6. The summed E-state index contributed by atoms with van der Waals surface area (Å²) in [5.41, 5.74) is 1.16. The SMILES string of the molecule is CCn1cc(CC(=O)c2ccc(F)cc2Cl)cn1. The number of benzene rings is 1. The van der Waals surface area contributed by atoms with E-state index < -0.39 is 5.82 Å². The van der Waals surface area contributed by atoms with Crippen molar-refractivity contribution in [2.75, 3.05) is 0 Å². The standard InChI is InChI=1S/C13H12ClFN2O/c1-2-17-8-9(7-16-17)5-13(18)11-4-3-10(15)6-12(11)14/h3-4,6-8H,2,5H2,1H3. The van der Waals surface area contributed by atoms with Crippen LogP contribution in [0, 0.1) is 5.82 Å². The van der Waals surface area contributed by atoms with Crippen molar-refractivity contribution in [3.05, 3.63) is 52.6 Å². The molecule has 2 rings (SSSR count). The highest BCUT2D eigenvalue weighted by atomic mass is 35.5. The van der Waals surface area contributed by atoms with Crippen molar-refractivity contribution >= 4 is 17.4 Å². The number of aryl methyl sites for hydroxylation is 1. The fourth-order valence-corrected chi connectivity index (χ4v) is 1.94. The second kappa shape index (κ2) is 5.31. The molecule has 0 radical (unpaired) electrons. The zero-order valence-corrected chi connectivity index (χ0v) is 10.6. The summed E-state index contributed by atoms with van der Waals surface area (Å²) in [6, 6.07) is 3.78. The Hall–Kier alpha value is -1.68. The minimum absolute atomic E-state index is 0.142. The molecular weight excluding hydrogens is 255 g/mol. The number of hydrogen-bond acceptors (Lipinski definition) is 2. The van der Waals surface area contributed by atoms with Gasteiger partial charge in [0, 0.05) is 24.7 Å². The maximum absolute atomic E-state index is 12.9.